The van der Waals surface area contributed by atoms with Gasteiger partial charge in [-0.2, -0.15) is 0 Å². The quantitative estimate of drug-likeness (QED) is 0.594. The minimum Gasteiger partial charge on any atom is -0.465 e. The Morgan fingerprint density at radius 3 is 1.91 bits per heavy atom. The van der Waals surface area contributed by atoms with Gasteiger partial charge in [-0.3, -0.25) is 0 Å². The van der Waals surface area contributed by atoms with Gasteiger partial charge >= 0.3 is 11.9 Å². The topological polar surface area (TPSA) is 130 Å². The van der Waals surface area contributed by atoms with Crippen LogP contribution in [0.25, 0.3) is 0 Å². The van der Waals surface area contributed by atoms with Gasteiger partial charge in [-0.25, -0.2) is 9.59 Å². The average molecular weight is 474 g/mol. The lowest BCUT2D eigenvalue weighted by Crippen LogP contribution is -2.58. The highest BCUT2D eigenvalue weighted by Crippen LogP contribution is 2.39. The number of aliphatic hydroxyl groups is 2. The summed E-state index contributed by atoms with van der Waals surface area (Å²) in [6, 6.07) is 13.1. The molecule has 2 aromatic rings. The van der Waals surface area contributed by atoms with E-state index in [-0.39, 0.29) is 6.61 Å². The van der Waals surface area contributed by atoms with Gasteiger partial charge in [-0.1, -0.05) is 24.3 Å². The molecule has 182 valence electrons. The van der Waals surface area contributed by atoms with Crippen LogP contribution in [0.3, 0.4) is 0 Å². The summed E-state index contributed by atoms with van der Waals surface area (Å²) in [5.41, 5.74) is 2.03. The van der Waals surface area contributed by atoms with Crippen LogP contribution >= 0.6 is 0 Å². The van der Waals surface area contributed by atoms with Crippen molar-refractivity contribution in [2.75, 3.05) is 27.4 Å². The summed E-state index contributed by atoms with van der Waals surface area (Å²) in [6.07, 6.45) is -5.11. The molecule has 2 fully saturated rings. The van der Waals surface area contributed by atoms with Crippen molar-refractivity contribution in [3.63, 3.8) is 0 Å². The van der Waals surface area contributed by atoms with Gasteiger partial charge in [-0.15, -0.1) is 0 Å². The molecular weight excluding hydrogens is 448 g/mol. The number of hydrogen-bond donors (Lipinski definition) is 2. The predicted octanol–water partition coefficient (Wildman–Crippen LogP) is 1.51. The zero-order chi connectivity index (χ0) is 24.2. The fraction of sp³-hybridized carbons (Fsp3) is 0.417. The number of ether oxygens (including phenoxy) is 6. The average Bonchev–Trinajstić information content (AvgIpc) is 2.90. The molecule has 0 spiro atoms. The third-order valence-corrected chi connectivity index (χ3v) is 5.74. The largest absolute Gasteiger partial charge is 0.465 e. The van der Waals surface area contributed by atoms with Gasteiger partial charge in [0, 0.05) is 11.1 Å². The molecule has 2 N–H and O–H groups in total. The van der Waals surface area contributed by atoms with Crippen molar-refractivity contribution < 1.29 is 48.2 Å². The molecule has 34 heavy (non-hydrogen) atoms. The fourth-order valence-electron chi connectivity index (χ4n) is 3.90. The first-order valence-electron chi connectivity index (χ1n) is 10.7. The Morgan fingerprint density at radius 1 is 0.882 bits per heavy atom. The van der Waals surface area contributed by atoms with Crippen LogP contribution in [0.15, 0.2) is 48.5 Å². The third kappa shape index (κ3) is 4.97. The second-order valence-corrected chi connectivity index (χ2v) is 7.85. The molecule has 2 aliphatic rings. The second-order valence-electron chi connectivity index (χ2n) is 7.85. The molecule has 0 radical (unpaired) electrons. The molecule has 2 heterocycles. The molecule has 2 aliphatic heterocycles. The lowest BCUT2D eigenvalue weighted by Gasteiger charge is -2.47. The van der Waals surface area contributed by atoms with E-state index < -0.39 is 55.5 Å². The summed E-state index contributed by atoms with van der Waals surface area (Å²) in [4.78, 5) is 23.3. The number of fused-ring (bicyclic) bond motifs is 1. The zero-order valence-corrected chi connectivity index (χ0v) is 18.7. The third-order valence-electron chi connectivity index (χ3n) is 5.74. The van der Waals surface area contributed by atoms with Crippen molar-refractivity contribution >= 4 is 11.9 Å². The van der Waals surface area contributed by atoms with Gasteiger partial charge in [0.05, 0.1) is 38.6 Å². The molecule has 10 nitrogen and oxygen atoms in total. The minimum atomic E-state index is -1.23. The van der Waals surface area contributed by atoms with Crippen LogP contribution in [0.4, 0.5) is 0 Å². The van der Waals surface area contributed by atoms with Crippen LogP contribution in [-0.4, -0.2) is 74.0 Å². The summed E-state index contributed by atoms with van der Waals surface area (Å²) in [5, 5.41) is 20.0. The molecule has 0 aromatic heterocycles. The Bertz CT molecular complexity index is 988. The van der Waals surface area contributed by atoms with Crippen LogP contribution in [0.5, 0.6) is 0 Å². The van der Waals surface area contributed by atoms with Crippen molar-refractivity contribution in [3.8, 4) is 0 Å². The van der Waals surface area contributed by atoms with Gasteiger partial charge in [0.25, 0.3) is 0 Å². The number of benzene rings is 2. The van der Waals surface area contributed by atoms with E-state index in [1.807, 2.05) is 0 Å². The van der Waals surface area contributed by atoms with Crippen LogP contribution < -0.4 is 0 Å². The smallest absolute Gasteiger partial charge is 0.337 e. The molecule has 0 saturated carbocycles. The highest BCUT2D eigenvalue weighted by atomic mass is 16.8. The zero-order valence-electron chi connectivity index (χ0n) is 18.7. The number of rotatable bonds is 6. The summed E-state index contributed by atoms with van der Waals surface area (Å²) >= 11 is 0. The fourth-order valence-corrected chi connectivity index (χ4v) is 3.90. The van der Waals surface area contributed by atoms with E-state index in [1.165, 1.54) is 14.2 Å². The standard InChI is InChI=1S/C24H26O10/c1-29-21(27)13-3-7-15(8-4-13)23-31-12-18-20(34-23)19(17(26)11-25)33-24(32-18)16-9-5-14(6-10-16)22(28)30-2/h3-10,17-20,23-26H,11-12H2,1-2H3/t17-,18+,19-,20-,23?,24?/m1/s1. The molecule has 6 atom stereocenters. The Hall–Kier alpha value is -2.86. The van der Waals surface area contributed by atoms with E-state index in [9.17, 15) is 19.8 Å². The number of carbonyl (C=O) groups excluding carboxylic acids is 2. The van der Waals surface area contributed by atoms with Crippen LogP contribution in [0.1, 0.15) is 44.4 Å². The second kappa shape index (κ2) is 10.6. The van der Waals surface area contributed by atoms with Crippen molar-refractivity contribution in [1.82, 2.24) is 0 Å². The lowest BCUT2D eigenvalue weighted by atomic mass is 9.99. The van der Waals surface area contributed by atoms with Gasteiger partial charge in [0.2, 0.25) is 0 Å². The number of esters is 2. The number of carbonyl (C=O) groups is 2. The number of methoxy groups -OCH3 is 2. The molecule has 2 aromatic carbocycles. The highest BCUT2D eigenvalue weighted by molar-refractivity contribution is 5.89. The van der Waals surface area contributed by atoms with Gasteiger partial charge in [0.15, 0.2) is 12.6 Å². The molecule has 10 heteroatoms. The van der Waals surface area contributed by atoms with E-state index in [0.717, 1.165) is 0 Å². The maximum Gasteiger partial charge on any atom is 0.337 e. The van der Waals surface area contributed by atoms with Gasteiger partial charge in [0.1, 0.15) is 24.4 Å². The monoisotopic (exact) mass is 474 g/mol. The van der Waals surface area contributed by atoms with Crippen molar-refractivity contribution in [2.24, 2.45) is 0 Å². The normalized spacial score (nSPS) is 27.4. The van der Waals surface area contributed by atoms with E-state index in [0.29, 0.717) is 22.3 Å². The first-order valence-corrected chi connectivity index (χ1v) is 10.7. The van der Waals surface area contributed by atoms with Crippen molar-refractivity contribution in [2.45, 2.75) is 37.0 Å². The number of aliphatic hydroxyl groups excluding tert-OH is 2. The maximum absolute atomic E-state index is 11.7. The predicted molar refractivity (Wildman–Crippen MR) is 115 cm³/mol. The molecule has 0 bridgehead atoms. The minimum absolute atomic E-state index is 0.142. The van der Waals surface area contributed by atoms with Crippen LogP contribution in [0.2, 0.25) is 0 Å². The summed E-state index contributed by atoms with van der Waals surface area (Å²) < 4.78 is 33.3. The van der Waals surface area contributed by atoms with E-state index in [4.69, 9.17) is 28.4 Å². The molecule has 2 unspecified atom stereocenters. The Kier molecular flexibility index (Phi) is 7.57. The highest BCUT2D eigenvalue weighted by Gasteiger charge is 2.48. The summed E-state index contributed by atoms with van der Waals surface area (Å²) in [5.74, 6) is -0.923. The Morgan fingerprint density at radius 2 is 1.41 bits per heavy atom. The first-order chi connectivity index (χ1) is 16.4. The molecule has 0 amide bonds. The maximum atomic E-state index is 11.7. The van der Waals surface area contributed by atoms with E-state index >= 15 is 0 Å². The molecule has 4 rings (SSSR count). The van der Waals surface area contributed by atoms with Crippen LogP contribution in [-0.2, 0) is 28.4 Å². The Balaban J connectivity index is 1.50. The van der Waals surface area contributed by atoms with Gasteiger partial charge < -0.3 is 38.6 Å². The Labute approximate surface area is 195 Å². The SMILES string of the molecule is COC(=O)c1ccc(C2OC[C@@H]3OC(c4ccc(C(=O)OC)cc4)O[C@H]([C@H](O)CO)[C@@H]3O2)cc1. The first kappa shape index (κ1) is 24.3. The van der Waals surface area contributed by atoms with E-state index in [2.05, 4.69) is 0 Å². The molecular formula is C24H26O10. The number of hydrogen-bond acceptors (Lipinski definition) is 10. The lowest BCUT2D eigenvalue weighted by molar-refractivity contribution is -0.373. The van der Waals surface area contributed by atoms with E-state index in [1.54, 1.807) is 48.5 Å². The summed E-state index contributed by atoms with van der Waals surface area (Å²) in [6.45, 7) is -0.395. The van der Waals surface area contributed by atoms with Gasteiger partial charge in [-0.05, 0) is 24.3 Å². The van der Waals surface area contributed by atoms with Crippen LogP contribution in [0, 0.1) is 0 Å². The summed E-state index contributed by atoms with van der Waals surface area (Å²) in [7, 11) is 2.61. The molecule has 0 aliphatic carbocycles. The van der Waals surface area contributed by atoms with Crippen molar-refractivity contribution in [3.05, 3.63) is 70.8 Å². The van der Waals surface area contributed by atoms with Crippen molar-refractivity contribution in [1.29, 1.82) is 0 Å². The molecule has 2 saturated heterocycles.